The number of halogens is 1. The van der Waals surface area contributed by atoms with Crippen molar-refractivity contribution in [3.05, 3.63) is 22.8 Å². The Morgan fingerprint density at radius 3 is 3.05 bits per heavy atom. The summed E-state index contributed by atoms with van der Waals surface area (Å²) in [7, 11) is 0. The zero-order valence-corrected chi connectivity index (χ0v) is 12.3. The van der Waals surface area contributed by atoms with E-state index in [1.807, 2.05) is 22.8 Å². The highest BCUT2D eigenvalue weighted by molar-refractivity contribution is 9.10. The second kappa shape index (κ2) is 4.47. The van der Waals surface area contributed by atoms with Gasteiger partial charge in [-0.1, -0.05) is 6.42 Å². The van der Waals surface area contributed by atoms with Gasteiger partial charge in [-0.3, -0.25) is 0 Å². The third kappa shape index (κ3) is 2.04. The van der Waals surface area contributed by atoms with Crippen LogP contribution in [0.5, 0.6) is 0 Å². The average Bonchev–Trinajstić information content (AvgIpc) is 3.11. The first-order valence-corrected chi connectivity index (χ1v) is 7.83. The normalized spacial score (nSPS) is 29.2. The molecule has 2 aliphatic carbocycles. The lowest BCUT2D eigenvalue weighted by Crippen LogP contribution is -2.20. The molecule has 19 heavy (non-hydrogen) atoms. The molecular formula is C14H17BrN4. The van der Waals surface area contributed by atoms with Crippen molar-refractivity contribution in [3.63, 3.8) is 0 Å². The molecule has 2 aromatic heterocycles. The van der Waals surface area contributed by atoms with Crippen LogP contribution in [0.3, 0.4) is 0 Å². The molecule has 0 radical (unpaired) electrons. The predicted molar refractivity (Wildman–Crippen MR) is 78.1 cm³/mol. The summed E-state index contributed by atoms with van der Waals surface area (Å²) in [5, 5.41) is 7.89. The first-order chi connectivity index (χ1) is 9.29. The molecule has 100 valence electrons. The number of nitrogens with one attached hydrogen (secondary N) is 1. The summed E-state index contributed by atoms with van der Waals surface area (Å²) in [6.07, 6.45) is 7.67. The van der Waals surface area contributed by atoms with Crippen LogP contribution in [-0.4, -0.2) is 21.1 Å². The summed E-state index contributed by atoms with van der Waals surface area (Å²) in [5.74, 6) is 3.52. The lowest BCUT2D eigenvalue weighted by Gasteiger charge is -2.21. The maximum Gasteiger partial charge on any atom is 0.243 e. The van der Waals surface area contributed by atoms with Crippen LogP contribution in [0.2, 0.25) is 0 Å². The third-order valence-corrected chi connectivity index (χ3v) is 5.34. The molecule has 0 aliphatic heterocycles. The molecule has 4 rings (SSSR count). The zero-order chi connectivity index (χ0) is 12.8. The van der Waals surface area contributed by atoms with Gasteiger partial charge in [0.2, 0.25) is 5.95 Å². The van der Waals surface area contributed by atoms with E-state index < -0.39 is 0 Å². The van der Waals surface area contributed by atoms with Crippen molar-refractivity contribution in [2.24, 2.45) is 17.8 Å². The summed E-state index contributed by atoms with van der Waals surface area (Å²) < 4.78 is 2.79. The van der Waals surface area contributed by atoms with Crippen LogP contribution in [0.15, 0.2) is 22.8 Å². The summed E-state index contributed by atoms with van der Waals surface area (Å²) >= 11 is 3.50. The molecule has 2 aromatic rings. The number of hydrogen-bond donors (Lipinski definition) is 1. The highest BCUT2D eigenvalue weighted by atomic mass is 79.9. The van der Waals surface area contributed by atoms with E-state index in [-0.39, 0.29) is 0 Å². The lowest BCUT2D eigenvalue weighted by atomic mass is 9.89. The van der Waals surface area contributed by atoms with Crippen molar-refractivity contribution in [1.29, 1.82) is 0 Å². The van der Waals surface area contributed by atoms with Crippen LogP contribution in [0, 0.1) is 17.8 Å². The maximum absolute atomic E-state index is 4.53. The van der Waals surface area contributed by atoms with E-state index >= 15 is 0 Å². The fraction of sp³-hybridized carbons (Fsp3) is 0.571. The van der Waals surface area contributed by atoms with Crippen LogP contribution in [-0.2, 0) is 0 Å². The zero-order valence-electron chi connectivity index (χ0n) is 10.7. The third-order valence-electron chi connectivity index (χ3n) is 4.72. The van der Waals surface area contributed by atoms with Crippen LogP contribution in [0.4, 0.5) is 5.95 Å². The van der Waals surface area contributed by atoms with Crippen molar-refractivity contribution in [1.82, 2.24) is 14.6 Å². The monoisotopic (exact) mass is 320 g/mol. The Bertz CT molecular complexity index is 609. The molecule has 2 saturated carbocycles. The molecule has 0 aromatic carbocycles. The minimum absolute atomic E-state index is 0.745. The first-order valence-electron chi connectivity index (χ1n) is 7.04. The highest BCUT2D eigenvalue weighted by Gasteiger charge is 2.39. The second-order valence-electron chi connectivity index (χ2n) is 5.88. The topological polar surface area (TPSA) is 42.2 Å². The quantitative estimate of drug-likeness (QED) is 0.943. The number of pyridine rings is 1. The van der Waals surface area contributed by atoms with Gasteiger partial charge >= 0.3 is 0 Å². The first kappa shape index (κ1) is 11.7. The van der Waals surface area contributed by atoms with E-state index in [0.29, 0.717) is 0 Å². The van der Waals surface area contributed by atoms with Gasteiger partial charge in [0.1, 0.15) is 0 Å². The predicted octanol–water partition coefficient (Wildman–Crippen LogP) is 3.34. The van der Waals surface area contributed by atoms with Crippen LogP contribution >= 0.6 is 15.9 Å². The van der Waals surface area contributed by atoms with Gasteiger partial charge in [0.25, 0.3) is 0 Å². The Labute approximate surface area is 120 Å². The Morgan fingerprint density at radius 1 is 1.37 bits per heavy atom. The van der Waals surface area contributed by atoms with E-state index in [0.717, 1.165) is 40.4 Å². The largest absolute Gasteiger partial charge is 0.353 e. The molecule has 0 amide bonds. The van der Waals surface area contributed by atoms with Gasteiger partial charge < -0.3 is 5.32 Å². The van der Waals surface area contributed by atoms with E-state index in [2.05, 4.69) is 31.3 Å². The van der Waals surface area contributed by atoms with Gasteiger partial charge in [0.15, 0.2) is 5.65 Å². The molecular weight excluding hydrogens is 304 g/mol. The smallest absolute Gasteiger partial charge is 0.243 e. The molecule has 2 aliphatic rings. The second-order valence-corrected chi connectivity index (χ2v) is 6.73. The van der Waals surface area contributed by atoms with E-state index in [1.54, 1.807) is 0 Å². The SMILES string of the molecule is Brc1cccn2nc(NCC3CC4CCC3C4)nc12. The fourth-order valence-corrected chi connectivity index (χ4v) is 4.22. The molecule has 3 atom stereocenters. The molecule has 2 heterocycles. The van der Waals surface area contributed by atoms with Crippen LogP contribution in [0.25, 0.3) is 5.65 Å². The van der Waals surface area contributed by atoms with Gasteiger partial charge in [-0.05, 0) is 65.1 Å². The summed E-state index contributed by atoms with van der Waals surface area (Å²) in [6.45, 7) is 1.02. The van der Waals surface area contributed by atoms with Crippen molar-refractivity contribution in [2.75, 3.05) is 11.9 Å². The fourth-order valence-electron chi connectivity index (χ4n) is 3.80. The number of aromatic nitrogens is 3. The standard InChI is InChI=1S/C14H17BrN4/c15-12-2-1-5-19-13(12)17-14(18-19)16-8-11-7-9-3-4-10(11)6-9/h1-2,5,9-11H,3-4,6-8H2,(H,16,18). The number of nitrogens with zero attached hydrogens (tertiary/aromatic N) is 3. The minimum Gasteiger partial charge on any atom is -0.353 e. The van der Waals surface area contributed by atoms with Crippen molar-refractivity contribution in [3.8, 4) is 0 Å². The number of hydrogen-bond acceptors (Lipinski definition) is 3. The average molecular weight is 321 g/mol. The van der Waals surface area contributed by atoms with Gasteiger partial charge in [0, 0.05) is 12.7 Å². The van der Waals surface area contributed by atoms with E-state index in [9.17, 15) is 0 Å². The lowest BCUT2D eigenvalue weighted by molar-refractivity contribution is 0.348. The Kier molecular flexibility index (Phi) is 2.76. The van der Waals surface area contributed by atoms with Gasteiger partial charge in [-0.25, -0.2) is 4.52 Å². The number of anilines is 1. The van der Waals surface area contributed by atoms with Gasteiger partial charge in [-0.2, -0.15) is 4.98 Å². The van der Waals surface area contributed by atoms with Crippen LogP contribution in [0.1, 0.15) is 25.7 Å². The molecule has 0 spiro atoms. The molecule has 1 N–H and O–H groups in total. The molecule has 2 fully saturated rings. The molecule has 2 bridgehead atoms. The molecule has 4 nitrogen and oxygen atoms in total. The Hall–Kier alpha value is -1.10. The number of fused-ring (bicyclic) bond motifs is 3. The van der Waals surface area contributed by atoms with Crippen molar-refractivity contribution >= 4 is 27.5 Å². The summed E-state index contributed by atoms with van der Waals surface area (Å²) in [4.78, 5) is 4.53. The summed E-state index contributed by atoms with van der Waals surface area (Å²) in [5.41, 5.74) is 0.873. The van der Waals surface area contributed by atoms with Gasteiger partial charge in [-0.15, -0.1) is 5.10 Å². The number of rotatable bonds is 3. The molecule has 3 unspecified atom stereocenters. The van der Waals surface area contributed by atoms with E-state index in [4.69, 9.17) is 0 Å². The van der Waals surface area contributed by atoms with Crippen molar-refractivity contribution in [2.45, 2.75) is 25.7 Å². The van der Waals surface area contributed by atoms with Crippen LogP contribution < -0.4 is 5.32 Å². The maximum atomic E-state index is 4.53. The van der Waals surface area contributed by atoms with Gasteiger partial charge in [0.05, 0.1) is 4.47 Å². The molecule has 0 saturated heterocycles. The Balaban J connectivity index is 1.48. The summed E-state index contributed by atoms with van der Waals surface area (Å²) in [6, 6.07) is 3.95. The van der Waals surface area contributed by atoms with Crippen molar-refractivity contribution < 1.29 is 0 Å². The molecule has 5 heteroatoms. The van der Waals surface area contributed by atoms with E-state index in [1.165, 1.54) is 25.7 Å². The Morgan fingerprint density at radius 2 is 2.32 bits per heavy atom. The minimum atomic E-state index is 0.745. The highest BCUT2D eigenvalue weighted by Crippen LogP contribution is 2.48.